The summed E-state index contributed by atoms with van der Waals surface area (Å²) in [5.41, 5.74) is 5.28. The van der Waals surface area contributed by atoms with E-state index in [4.69, 9.17) is 24.3 Å². The van der Waals surface area contributed by atoms with Crippen molar-refractivity contribution in [3.8, 4) is 0 Å². The van der Waals surface area contributed by atoms with Crippen LogP contribution in [-0.2, 0) is 27.9 Å². The minimum atomic E-state index is -4.25. The number of rotatable bonds is 31. The highest BCUT2D eigenvalue weighted by Crippen LogP contribution is 2.43. The van der Waals surface area contributed by atoms with E-state index < -0.39 is 19.9 Å². The number of unbranched alkanes of at least 4 members (excludes halogenated alkanes) is 4. The van der Waals surface area contributed by atoms with Crippen LogP contribution in [0.1, 0.15) is 104 Å². The molecule has 0 fully saturated rings. The number of carbonyl (C=O) groups excluding carboxylic acids is 1. The van der Waals surface area contributed by atoms with Gasteiger partial charge < -0.3 is 20.1 Å². The van der Waals surface area contributed by atoms with Crippen LogP contribution in [0.4, 0.5) is 0 Å². The van der Waals surface area contributed by atoms with Crippen LogP contribution in [0.2, 0.25) is 0 Å². The summed E-state index contributed by atoms with van der Waals surface area (Å²) in [6.45, 7) is 4.31. The Morgan fingerprint density at radius 3 is 1.67 bits per heavy atom. The molecule has 0 heterocycles. The molecule has 2 atom stereocenters. The molecule has 0 bridgehead atoms. The average molecular weight is 664 g/mol. The summed E-state index contributed by atoms with van der Waals surface area (Å²) in [5.74, 6) is -0.399. The van der Waals surface area contributed by atoms with Gasteiger partial charge in [0.25, 0.3) is 0 Å². The number of phosphoric ester groups is 1. The maximum absolute atomic E-state index is 11.9. The molecule has 262 valence electrons. The minimum absolute atomic E-state index is 0.0870. The number of hydrogen-bond acceptors (Lipinski definition) is 7. The van der Waals surface area contributed by atoms with Crippen LogP contribution in [0.15, 0.2) is 85.1 Å². The van der Waals surface area contributed by atoms with Crippen molar-refractivity contribution >= 4 is 13.8 Å². The molecule has 0 rings (SSSR count). The summed E-state index contributed by atoms with van der Waals surface area (Å²) in [6.07, 6.45) is 43.3. The van der Waals surface area contributed by atoms with Gasteiger partial charge in [0.1, 0.15) is 6.10 Å². The maximum Gasteiger partial charge on any atom is 0.472 e. The Morgan fingerprint density at radius 1 is 0.674 bits per heavy atom. The van der Waals surface area contributed by atoms with Crippen molar-refractivity contribution in [3.63, 3.8) is 0 Å². The highest BCUT2D eigenvalue weighted by atomic mass is 31.2. The Kier molecular flexibility index (Phi) is 32.3. The molecular weight excluding hydrogens is 601 g/mol. The molecule has 0 aromatic heterocycles. The minimum Gasteiger partial charge on any atom is -0.457 e. The van der Waals surface area contributed by atoms with E-state index in [2.05, 4.69) is 92.0 Å². The van der Waals surface area contributed by atoms with E-state index in [0.717, 1.165) is 77.0 Å². The van der Waals surface area contributed by atoms with Crippen molar-refractivity contribution < 1.29 is 32.8 Å². The fraction of sp³-hybridized carbons (Fsp3) is 0.595. The van der Waals surface area contributed by atoms with Crippen molar-refractivity contribution in [2.24, 2.45) is 5.73 Å². The lowest BCUT2D eigenvalue weighted by molar-refractivity contribution is -0.154. The molecule has 0 radical (unpaired) electrons. The summed E-state index contributed by atoms with van der Waals surface area (Å²) in [4.78, 5) is 21.5. The smallest absolute Gasteiger partial charge is 0.457 e. The average Bonchev–Trinajstić information content (AvgIpc) is 3.04. The largest absolute Gasteiger partial charge is 0.472 e. The first-order valence-corrected chi connectivity index (χ1v) is 18.6. The molecule has 0 aliphatic heterocycles. The van der Waals surface area contributed by atoms with E-state index in [1.54, 1.807) is 0 Å². The second-order valence-corrected chi connectivity index (χ2v) is 12.1. The predicted molar refractivity (Wildman–Crippen MR) is 191 cm³/mol. The monoisotopic (exact) mass is 663 g/mol. The number of hydrogen-bond donors (Lipinski definition) is 2. The van der Waals surface area contributed by atoms with Crippen LogP contribution in [0.25, 0.3) is 0 Å². The zero-order valence-corrected chi connectivity index (χ0v) is 29.4. The van der Waals surface area contributed by atoms with Gasteiger partial charge >= 0.3 is 13.8 Å². The Balaban J connectivity index is 3.84. The SMILES string of the molecule is CC/C=C\C/C=C\C/C=C\C/C=C\C/C=C\C/C=C\C/C=C\CCCCCCOCC(COP(=O)(O)OCCN)OC(=O)CCC. The second kappa shape index (κ2) is 34.0. The lowest BCUT2D eigenvalue weighted by atomic mass is 10.1. The van der Waals surface area contributed by atoms with E-state index in [1.165, 1.54) is 0 Å². The van der Waals surface area contributed by atoms with Crippen LogP contribution in [-0.4, -0.2) is 49.9 Å². The number of phosphoric acid groups is 1. The summed E-state index contributed by atoms with van der Waals surface area (Å²) < 4.78 is 32.5. The number of nitrogens with two attached hydrogens (primary N) is 1. The summed E-state index contributed by atoms with van der Waals surface area (Å²) in [6, 6.07) is 0. The zero-order chi connectivity index (χ0) is 33.8. The molecule has 9 heteroatoms. The third-order valence-corrected chi connectivity index (χ3v) is 7.28. The first-order chi connectivity index (χ1) is 22.4. The Hall–Kier alpha value is -2.32. The van der Waals surface area contributed by atoms with Crippen LogP contribution in [0.5, 0.6) is 0 Å². The van der Waals surface area contributed by atoms with Gasteiger partial charge in [-0.3, -0.25) is 13.8 Å². The number of allylic oxidation sites excluding steroid dienone is 14. The zero-order valence-electron chi connectivity index (χ0n) is 28.5. The molecule has 0 amide bonds. The van der Waals surface area contributed by atoms with E-state index in [9.17, 15) is 14.3 Å². The standard InChI is InChI=1S/C37H62NO7P/c1-3-5-6-7-8-9-10-11-12-13-14-15-16-17-18-19-20-21-22-23-24-25-26-27-28-29-32-42-34-36(45-37(39)30-4-2)35-44-46(40,41)43-33-31-38/h5-6,8-9,11-12,14-15,17-18,20-21,23-24,36H,3-4,7,10,13,16,19,22,25-35,38H2,1-2H3,(H,40,41)/b6-5-,9-8-,12-11-,15-14-,18-17-,21-20-,24-23-. The van der Waals surface area contributed by atoms with Gasteiger partial charge in [0, 0.05) is 19.6 Å². The van der Waals surface area contributed by atoms with Crippen LogP contribution in [0, 0.1) is 0 Å². The summed E-state index contributed by atoms with van der Waals surface area (Å²) in [5, 5.41) is 0. The van der Waals surface area contributed by atoms with Crippen molar-refractivity contribution in [1.29, 1.82) is 0 Å². The van der Waals surface area contributed by atoms with Gasteiger partial charge in [0.2, 0.25) is 0 Å². The second-order valence-electron chi connectivity index (χ2n) is 10.6. The molecule has 2 unspecified atom stereocenters. The van der Waals surface area contributed by atoms with Gasteiger partial charge in [0.05, 0.1) is 19.8 Å². The molecule has 0 saturated carbocycles. The molecule has 0 saturated heterocycles. The van der Waals surface area contributed by atoms with Gasteiger partial charge in [-0.05, 0) is 70.6 Å². The topological polar surface area (TPSA) is 117 Å². The van der Waals surface area contributed by atoms with Gasteiger partial charge in [-0.25, -0.2) is 4.57 Å². The summed E-state index contributed by atoms with van der Waals surface area (Å²) in [7, 11) is -4.25. The van der Waals surface area contributed by atoms with Crippen molar-refractivity contribution in [3.05, 3.63) is 85.1 Å². The molecule has 0 aliphatic rings. The molecule has 46 heavy (non-hydrogen) atoms. The van der Waals surface area contributed by atoms with Gasteiger partial charge in [-0.2, -0.15) is 0 Å². The molecule has 0 aromatic rings. The Morgan fingerprint density at radius 2 is 1.17 bits per heavy atom. The highest BCUT2D eigenvalue weighted by molar-refractivity contribution is 7.47. The molecular formula is C37H62NO7P. The molecule has 3 N–H and O–H groups in total. The van der Waals surface area contributed by atoms with Crippen LogP contribution >= 0.6 is 7.82 Å². The van der Waals surface area contributed by atoms with Crippen LogP contribution < -0.4 is 5.73 Å². The van der Waals surface area contributed by atoms with E-state index >= 15 is 0 Å². The fourth-order valence-electron chi connectivity index (χ4n) is 3.89. The number of carbonyl (C=O) groups is 1. The molecule has 8 nitrogen and oxygen atoms in total. The number of esters is 1. The maximum atomic E-state index is 11.9. The van der Waals surface area contributed by atoms with Crippen LogP contribution in [0.3, 0.4) is 0 Å². The first-order valence-electron chi connectivity index (χ1n) is 17.1. The van der Waals surface area contributed by atoms with Crippen molar-refractivity contribution in [2.45, 2.75) is 110 Å². The highest BCUT2D eigenvalue weighted by Gasteiger charge is 2.25. The third kappa shape index (κ3) is 33.1. The summed E-state index contributed by atoms with van der Waals surface area (Å²) >= 11 is 0. The molecule has 0 aliphatic carbocycles. The van der Waals surface area contributed by atoms with E-state index in [-0.39, 0.29) is 32.8 Å². The quantitative estimate of drug-likeness (QED) is 0.0326. The number of ether oxygens (including phenoxy) is 2. The molecule has 0 aromatic carbocycles. The van der Waals surface area contributed by atoms with Gasteiger partial charge in [-0.15, -0.1) is 0 Å². The fourth-order valence-corrected chi connectivity index (χ4v) is 4.66. The predicted octanol–water partition coefficient (Wildman–Crippen LogP) is 9.40. The lowest BCUT2D eigenvalue weighted by Gasteiger charge is -2.19. The van der Waals surface area contributed by atoms with E-state index in [1.807, 2.05) is 6.92 Å². The van der Waals surface area contributed by atoms with Crippen molar-refractivity contribution in [1.82, 2.24) is 0 Å². The lowest BCUT2D eigenvalue weighted by Crippen LogP contribution is -2.28. The molecule has 0 spiro atoms. The van der Waals surface area contributed by atoms with Gasteiger partial charge in [-0.1, -0.05) is 112 Å². The Bertz CT molecular complexity index is 969. The third-order valence-electron chi connectivity index (χ3n) is 6.30. The van der Waals surface area contributed by atoms with Gasteiger partial charge in [0.15, 0.2) is 0 Å². The normalized spacial score (nSPS) is 14.8. The van der Waals surface area contributed by atoms with Crippen molar-refractivity contribution in [2.75, 3.05) is 33.0 Å². The Labute approximate surface area is 279 Å². The first kappa shape index (κ1) is 43.7. The van der Waals surface area contributed by atoms with E-state index in [0.29, 0.717) is 13.0 Å².